The lowest BCUT2D eigenvalue weighted by Crippen LogP contribution is -2.37. The van der Waals surface area contributed by atoms with Crippen LogP contribution < -0.4 is 0 Å². The minimum Gasteiger partial charge on any atom is -0.295 e. The van der Waals surface area contributed by atoms with Gasteiger partial charge in [-0.2, -0.15) is 0 Å². The number of hydrogen-bond acceptors (Lipinski definition) is 3. The molecule has 0 N–H and O–H groups in total. The number of likely N-dealkylation sites (tertiary alicyclic amines) is 1. The summed E-state index contributed by atoms with van der Waals surface area (Å²) >= 11 is 3.67. The minimum absolute atomic E-state index is 0.180. The molecule has 0 saturated carbocycles. The Bertz CT molecular complexity index is 808. The van der Waals surface area contributed by atoms with E-state index in [2.05, 4.69) is 73.6 Å². The van der Waals surface area contributed by atoms with Crippen molar-refractivity contribution in [1.29, 1.82) is 0 Å². The van der Waals surface area contributed by atoms with Crippen molar-refractivity contribution in [3.63, 3.8) is 0 Å². The highest BCUT2D eigenvalue weighted by Gasteiger charge is 2.32. The first-order valence-electron chi connectivity index (χ1n) is 9.44. The van der Waals surface area contributed by atoms with Crippen LogP contribution in [0.25, 0.3) is 0 Å². The molecule has 1 saturated heterocycles. The Hall–Kier alpha value is -2.04. The molecule has 1 atom stereocenters. The topological polar surface area (TPSA) is 29.0 Å². The summed E-state index contributed by atoms with van der Waals surface area (Å²) in [5.41, 5.74) is 3.78. The van der Waals surface area contributed by atoms with Gasteiger partial charge < -0.3 is 0 Å². The van der Waals surface area contributed by atoms with E-state index in [0.29, 0.717) is 0 Å². The van der Waals surface area contributed by atoms with Crippen LogP contribution in [0.1, 0.15) is 41.5 Å². The van der Waals surface area contributed by atoms with Crippen LogP contribution in [0.5, 0.6) is 0 Å². The van der Waals surface area contributed by atoms with Crippen LogP contribution in [0, 0.1) is 6.42 Å². The number of halogens is 1. The minimum atomic E-state index is 0.180. The van der Waals surface area contributed by atoms with Gasteiger partial charge in [-0.15, -0.1) is 0 Å². The first-order valence-corrected chi connectivity index (χ1v) is 10.2. The Labute approximate surface area is 169 Å². The van der Waals surface area contributed by atoms with Gasteiger partial charge in [-0.1, -0.05) is 40.2 Å². The highest BCUT2D eigenvalue weighted by molar-refractivity contribution is 9.10. The summed E-state index contributed by atoms with van der Waals surface area (Å²) in [5, 5.41) is 0. The Kier molecular flexibility index (Phi) is 5.95. The lowest BCUT2D eigenvalue weighted by Gasteiger charge is -2.40. The molecule has 4 heteroatoms. The summed E-state index contributed by atoms with van der Waals surface area (Å²) in [4.78, 5) is 11.4. The van der Waals surface area contributed by atoms with Crippen molar-refractivity contribution in [3.05, 3.63) is 101 Å². The molecule has 3 aromatic rings. The van der Waals surface area contributed by atoms with Crippen LogP contribution in [-0.4, -0.2) is 28.0 Å². The summed E-state index contributed by atoms with van der Waals surface area (Å²) < 4.78 is 1.12. The second-order valence-electron chi connectivity index (χ2n) is 6.95. The number of pyridine rings is 2. The van der Waals surface area contributed by atoms with Gasteiger partial charge in [0, 0.05) is 41.2 Å². The molecule has 1 fully saturated rings. The van der Waals surface area contributed by atoms with E-state index in [0.717, 1.165) is 30.4 Å². The molecule has 27 heavy (non-hydrogen) atoms. The molecule has 1 aromatic carbocycles. The molecule has 4 rings (SSSR count). The third-order valence-electron chi connectivity index (χ3n) is 5.23. The zero-order valence-corrected chi connectivity index (χ0v) is 16.8. The van der Waals surface area contributed by atoms with Gasteiger partial charge in [0.05, 0.1) is 0 Å². The maximum absolute atomic E-state index is 4.42. The Morgan fingerprint density at radius 1 is 0.815 bits per heavy atom. The maximum Gasteiger partial charge on any atom is 0.0458 e. The molecule has 1 aliphatic heterocycles. The van der Waals surface area contributed by atoms with Crippen LogP contribution in [0.15, 0.2) is 77.8 Å². The quantitative estimate of drug-likeness (QED) is 0.552. The average molecular weight is 421 g/mol. The fourth-order valence-corrected chi connectivity index (χ4v) is 4.45. The first-order chi connectivity index (χ1) is 13.3. The molecular weight excluding hydrogens is 398 g/mol. The second kappa shape index (κ2) is 8.77. The Morgan fingerprint density at radius 2 is 1.44 bits per heavy atom. The first kappa shape index (κ1) is 18.3. The number of rotatable bonds is 5. The van der Waals surface area contributed by atoms with E-state index in [-0.39, 0.29) is 12.0 Å². The molecule has 2 aromatic heterocycles. The second-order valence-corrected chi connectivity index (χ2v) is 7.87. The fraction of sp³-hybridized carbons (Fsp3) is 0.261. The van der Waals surface area contributed by atoms with Crippen LogP contribution >= 0.6 is 15.9 Å². The fourth-order valence-electron chi connectivity index (χ4n) is 4.03. The van der Waals surface area contributed by atoms with Crippen LogP contribution in [0.4, 0.5) is 0 Å². The molecular formula is C23H23BrN3. The number of piperidine rings is 1. The smallest absolute Gasteiger partial charge is 0.0458 e. The third-order valence-corrected chi connectivity index (χ3v) is 5.72. The van der Waals surface area contributed by atoms with Gasteiger partial charge in [-0.05, 0) is 73.3 Å². The van der Waals surface area contributed by atoms with Gasteiger partial charge in [0.15, 0.2) is 0 Å². The van der Waals surface area contributed by atoms with Crippen LogP contribution in [-0.2, 0) is 0 Å². The van der Waals surface area contributed by atoms with E-state index in [1.807, 2.05) is 36.9 Å². The highest BCUT2D eigenvalue weighted by atomic mass is 79.9. The predicted molar refractivity (Wildman–Crippen MR) is 112 cm³/mol. The van der Waals surface area contributed by atoms with Crippen molar-refractivity contribution >= 4 is 15.9 Å². The van der Waals surface area contributed by atoms with E-state index in [4.69, 9.17) is 0 Å². The molecule has 0 bridgehead atoms. The molecule has 3 nitrogen and oxygen atoms in total. The average Bonchev–Trinajstić information content (AvgIpc) is 2.74. The van der Waals surface area contributed by atoms with E-state index in [9.17, 15) is 0 Å². The van der Waals surface area contributed by atoms with Crippen LogP contribution in [0.2, 0.25) is 0 Å². The van der Waals surface area contributed by atoms with Gasteiger partial charge in [0.2, 0.25) is 0 Å². The van der Waals surface area contributed by atoms with Crippen molar-refractivity contribution in [2.45, 2.75) is 24.8 Å². The van der Waals surface area contributed by atoms with Gasteiger partial charge in [-0.3, -0.25) is 14.9 Å². The predicted octanol–water partition coefficient (Wildman–Crippen LogP) is 5.41. The lowest BCUT2D eigenvalue weighted by atomic mass is 9.81. The number of nitrogens with zero attached hydrogens (tertiary/aromatic N) is 3. The number of hydrogen-bond donors (Lipinski definition) is 0. The normalized spacial score (nSPS) is 16.4. The van der Waals surface area contributed by atoms with E-state index in [1.54, 1.807) is 0 Å². The standard InChI is InChI=1S/C23H23BrN3/c24-21-10-4-7-18(15-21)23(27-13-2-1-3-14-27)22(19-8-5-11-25-16-19)20-9-6-12-26-17-20/h1,4-12,15-17,22-23H,2-3,13-14H2. The maximum atomic E-state index is 4.42. The van der Waals surface area contributed by atoms with Crippen LogP contribution in [0.3, 0.4) is 0 Å². The largest absolute Gasteiger partial charge is 0.295 e. The van der Waals surface area contributed by atoms with Gasteiger partial charge in [-0.25, -0.2) is 0 Å². The number of benzene rings is 1. The van der Waals surface area contributed by atoms with Crippen molar-refractivity contribution in [3.8, 4) is 0 Å². The zero-order chi connectivity index (χ0) is 18.5. The molecule has 0 amide bonds. The van der Waals surface area contributed by atoms with Gasteiger partial charge in [0.1, 0.15) is 0 Å². The molecule has 1 aliphatic rings. The summed E-state index contributed by atoms with van der Waals surface area (Å²) in [5.74, 6) is 0.180. The summed E-state index contributed by atoms with van der Waals surface area (Å²) in [7, 11) is 0. The van der Waals surface area contributed by atoms with Crippen molar-refractivity contribution < 1.29 is 0 Å². The monoisotopic (exact) mass is 420 g/mol. The molecule has 1 radical (unpaired) electrons. The van der Waals surface area contributed by atoms with Crippen molar-refractivity contribution in [2.75, 3.05) is 13.1 Å². The SMILES string of the molecule is Brc1cccc(C(C(c2cccnc2)c2cccnc2)N2CC[CH]CC2)c1. The zero-order valence-electron chi connectivity index (χ0n) is 15.2. The van der Waals surface area contributed by atoms with E-state index < -0.39 is 0 Å². The van der Waals surface area contributed by atoms with Crippen molar-refractivity contribution in [2.24, 2.45) is 0 Å². The molecule has 0 spiro atoms. The molecule has 3 heterocycles. The number of aromatic nitrogens is 2. The summed E-state index contributed by atoms with van der Waals surface area (Å²) in [6.07, 6.45) is 12.4. The summed E-state index contributed by atoms with van der Waals surface area (Å²) in [6, 6.07) is 17.4. The van der Waals surface area contributed by atoms with E-state index >= 15 is 0 Å². The van der Waals surface area contributed by atoms with Crippen molar-refractivity contribution in [1.82, 2.24) is 14.9 Å². The molecule has 137 valence electrons. The lowest BCUT2D eigenvalue weighted by molar-refractivity contribution is 0.167. The Balaban J connectivity index is 1.85. The van der Waals surface area contributed by atoms with E-state index in [1.165, 1.54) is 16.7 Å². The van der Waals surface area contributed by atoms with Gasteiger partial charge in [0.25, 0.3) is 0 Å². The molecule has 1 unspecified atom stereocenters. The Morgan fingerprint density at radius 3 is 2.00 bits per heavy atom. The highest BCUT2D eigenvalue weighted by Crippen LogP contribution is 2.41. The molecule has 0 aliphatic carbocycles. The van der Waals surface area contributed by atoms with Gasteiger partial charge >= 0.3 is 0 Å². The third kappa shape index (κ3) is 4.28. The summed E-state index contributed by atoms with van der Waals surface area (Å²) in [6.45, 7) is 2.16.